The molecule has 7 heteroatoms. The third kappa shape index (κ3) is 3.11. The van der Waals surface area contributed by atoms with Crippen LogP contribution in [-0.2, 0) is 11.0 Å². The molecule has 1 aromatic rings. The van der Waals surface area contributed by atoms with Crippen molar-refractivity contribution in [3.63, 3.8) is 0 Å². The van der Waals surface area contributed by atoms with Gasteiger partial charge in [-0.15, -0.1) is 0 Å². The maximum Gasteiger partial charge on any atom is 0.433 e. The van der Waals surface area contributed by atoms with Crippen LogP contribution in [0.2, 0.25) is 0 Å². The second-order valence-corrected chi connectivity index (χ2v) is 5.30. The summed E-state index contributed by atoms with van der Waals surface area (Å²) in [4.78, 5) is 16.7. The van der Waals surface area contributed by atoms with Crippen molar-refractivity contribution in [3.8, 4) is 0 Å². The van der Waals surface area contributed by atoms with Gasteiger partial charge in [-0.1, -0.05) is 13.0 Å². The summed E-state index contributed by atoms with van der Waals surface area (Å²) >= 11 is 0. The summed E-state index contributed by atoms with van der Waals surface area (Å²) in [5, 5.41) is 9.31. The van der Waals surface area contributed by atoms with E-state index >= 15 is 0 Å². The first-order valence-electron chi connectivity index (χ1n) is 6.81. The van der Waals surface area contributed by atoms with E-state index in [4.69, 9.17) is 0 Å². The Morgan fingerprint density at radius 2 is 2.00 bits per heavy atom. The van der Waals surface area contributed by atoms with E-state index in [1.807, 2.05) is 6.92 Å². The van der Waals surface area contributed by atoms with E-state index in [1.54, 1.807) is 4.90 Å². The van der Waals surface area contributed by atoms with Crippen LogP contribution in [0.15, 0.2) is 18.2 Å². The lowest BCUT2D eigenvalue weighted by Gasteiger charge is -2.39. The summed E-state index contributed by atoms with van der Waals surface area (Å²) in [5.41, 5.74) is -1.69. The molecule has 1 fully saturated rings. The summed E-state index contributed by atoms with van der Waals surface area (Å²) < 4.78 is 38.0. The molecule has 0 atom stereocenters. The summed E-state index contributed by atoms with van der Waals surface area (Å²) in [6.07, 6.45) is -3.13. The molecule has 1 aliphatic heterocycles. The number of alkyl halides is 3. The first-order valence-corrected chi connectivity index (χ1v) is 6.81. The molecule has 1 saturated heterocycles. The van der Waals surface area contributed by atoms with Crippen LogP contribution in [0.3, 0.4) is 0 Å². The molecular formula is C14H17F3N2O2. The van der Waals surface area contributed by atoms with Crippen LogP contribution in [-0.4, -0.2) is 29.1 Å². The first kappa shape index (κ1) is 15.6. The summed E-state index contributed by atoms with van der Waals surface area (Å²) in [7, 11) is 0. The lowest BCUT2D eigenvalue weighted by Crippen LogP contribution is -2.44. The van der Waals surface area contributed by atoms with Crippen LogP contribution < -0.4 is 4.90 Å². The molecule has 2 heterocycles. The predicted molar refractivity (Wildman–Crippen MR) is 71.0 cm³/mol. The first-order chi connectivity index (χ1) is 9.78. The van der Waals surface area contributed by atoms with Gasteiger partial charge in [-0.2, -0.15) is 13.2 Å². The van der Waals surface area contributed by atoms with Gasteiger partial charge in [-0.05, 0) is 31.4 Å². The number of aliphatic carboxylic acids is 1. The second-order valence-electron chi connectivity index (χ2n) is 5.30. The highest BCUT2D eigenvalue weighted by atomic mass is 19.4. The third-order valence-corrected chi connectivity index (χ3v) is 4.20. The van der Waals surface area contributed by atoms with Crippen molar-refractivity contribution in [1.82, 2.24) is 4.98 Å². The molecule has 0 bridgehead atoms. The summed E-state index contributed by atoms with van der Waals surface area (Å²) in [6.45, 7) is 2.62. The van der Waals surface area contributed by atoms with Gasteiger partial charge in [0.25, 0.3) is 0 Å². The fourth-order valence-electron chi connectivity index (χ4n) is 2.64. The highest BCUT2D eigenvalue weighted by molar-refractivity contribution is 5.75. The number of carboxylic acid groups (broad SMARTS) is 1. The van der Waals surface area contributed by atoms with Crippen molar-refractivity contribution in [3.05, 3.63) is 23.9 Å². The number of rotatable bonds is 3. The molecule has 116 valence electrons. The molecule has 1 aromatic heterocycles. The minimum atomic E-state index is -4.47. The molecule has 0 radical (unpaired) electrons. The largest absolute Gasteiger partial charge is 0.481 e. The second kappa shape index (κ2) is 5.54. The van der Waals surface area contributed by atoms with Gasteiger partial charge in [0.05, 0.1) is 5.41 Å². The molecule has 0 aromatic carbocycles. The van der Waals surface area contributed by atoms with Crippen molar-refractivity contribution < 1.29 is 23.1 Å². The summed E-state index contributed by atoms with van der Waals surface area (Å²) in [6, 6.07) is 3.78. The fraction of sp³-hybridized carbons (Fsp3) is 0.571. The van der Waals surface area contributed by atoms with Gasteiger partial charge in [-0.25, -0.2) is 4.98 Å². The zero-order valence-corrected chi connectivity index (χ0v) is 11.7. The normalized spacial score (nSPS) is 18.6. The Kier molecular flexibility index (Phi) is 4.11. The highest BCUT2D eigenvalue weighted by Gasteiger charge is 2.40. The molecule has 0 saturated carbocycles. The maximum absolute atomic E-state index is 12.7. The van der Waals surface area contributed by atoms with E-state index in [1.165, 1.54) is 12.1 Å². The SMILES string of the molecule is CCC1(C(=O)O)CCN(c2cccc(C(F)(F)F)n2)CC1. The Balaban J connectivity index is 2.14. The number of halogens is 3. The number of anilines is 1. The minimum absolute atomic E-state index is 0.250. The Morgan fingerprint density at radius 1 is 1.38 bits per heavy atom. The average molecular weight is 302 g/mol. The van der Waals surface area contributed by atoms with Crippen LogP contribution in [0.4, 0.5) is 19.0 Å². The molecule has 0 amide bonds. The van der Waals surface area contributed by atoms with E-state index in [2.05, 4.69) is 4.98 Å². The molecule has 1 N–H and O–H groups in total. The molecule has 4 nitrogen and oxygen atoms in total. The van der Waals surface area contributed by atoms with E-state index in [-0.39, 0.29) is 5.82 Å². The van der Waals surface area contributed by atoms with E-state index in [0.717, 1.165) is 6.07 Å². The molecule has 0 aliphatic carbocycles. The number of carbonyl (C=O) groups is 1. The predicted octanol–water partition coefficient (Wildman–Crippen LogP) is 3.18. The zero-order chi connectivity index (χ0) is 15.7. The average Bonchev–Trinajstić information content (AvgIpc) is 2.46. The fourth-order valence-corrected chi connectivity index (χ4v) is 2.64. The molecule has 1 aliphatic rings. The van der Waals surface area contributed by atoms with Gasteiger partial charge in [0.15, 0.2) is 0 Å². The maximum atomic E-state index is 12.7. The van der Waals surface area contributed by atoms with Crippen molar-refractivity contribution in [2.24, 2.45) is 5.41 Å². The number of hydrogen-bond acceptors (Lipinski definition) is 3. The number of piperidine rings is 1. The van der Waals surface area contributed by atoms with E-state index in [0.29, 0.717) is 32.4 Å². The monoisotopic (exact) mass is 302 g/mol. The zero-order valence-electron chi connectivity index (χ0n) is 11.7. The Labute approximate surface area is 120 Å². The molecule has 2 rings (SSSR count). The van der Waals surface area contributed by atoms with Crippen molar-refractivity contribution in [1.29, 1.82) is 0 Å². The highest BCUT2D eigenvalue weighted by Crippen LogP contribution is 2.37. The molecule has 0 spiro atoms. The van der Waals surface area contributed by atoms with Crippen LogP contribution in [0, 0.1) is 5.41 Å². The minimum Gasteiger partial charge on any atom is -0.481 e. The number of aromatic nitrogens is 1. The Morgan fingerprint density at radius 3 is 2.48 bits per heavy atom. The van der Waals surface area contributed by atoms with Gasteiger partial charge in [0.1, 0.15) is 11.5 Å². The number of hydrogen-bond donors (Lipinski definition) is 1. The van der Waals surface area contributed by atoms with Crippen LogP contribution in [0.5, 0.6) is 0 Å². The van der Waals surface area contributed by atoms with E-state index in [9.17, 15) is 23.1 Å². The molecule has 0 unspecified atom stereocenters. The standard InChI is InChI=1S/C14H17F3N2O2/c1-2-13(12(20)21)6-8-19(9-7-13)11-5-3-4-10(18-11)14(15,16)17/h3-5H,2,6-9H2,1H3,(H,20,21). The van der Waals surface area contributed by atoms with Gasteiger partial charge < -0.3 is 10.0 Å². The lowest BCUT2D eigenvalue weighted by atomic mass is 9.76. The van der Waals surface area contributed by atoms with Gasteiger partial charge in [0.2, 0.25) is 0 Å². The number of carboxylic acids is 1. The summed E-state index contributed by atoms with van der Waals surface area (Å²) in [5.74, 6) is -0.582. The molecule has 21 heavy (non-hydrogen) atoms. The number of nitrogens with zero attached hydrogens (tertiary/aromatic N) is 2. The molecular weight excluding hydrogens is 285 g/mol. The number of pyridine rings is 1. The van der Waals surface area contributed by atoms with Gasteiger partial charge in [-0.3, -0.25) is 4.79 Å². The quantitative estimate of drug-likeness (QED) is 0.931. The van der Waals surface area contributed by atoms with Crippen molar-refractivity contribution >= 4 is 11.8 Å². The van der Waals surface area contributed by atoms with Crippen LogP contribution in [0.25, 0.3) is 0 Å². The lowest BCUT2D eigenvalue weighted by molar-refractivity contribution is -0.150. The van der Waals surface area contributed by atoms with Crippen LogP contribution in [0.1, 0.15) is 31.9 Å². The third-order valence-electron chi connectivity index (χ3n) is 4.20. The van der Waals surface area contributed by atoms with Crippen LogP contribution >= 0.6 is 0 Å². The Hall–Kier alpha value is -1.79. The van der Waals surface area contributed by atoms with Crippen molar-refractivity contribution in [2.45, 2.75) is 32.4 Å². The van der Waals surface area contributed by atoms with E-state index < -0.39 is 23.3 Å². The van der Waals surface area contributed by atoms with Gasteiger partial charge >= 0.3 is 12.1 Å². The topological polar surface area (TPSA) is 53.4 Å². The van der Waals surface area contributed by atoms with Crippen molar-refractivity contribution in [2.75, 3.05) is 18.0 Å². The van der Waals surface area contributed by atoms with Gasteiger partial charge in [0, 0.05) is 13.1 Å². The smallest absolute Gasteiger partial charge is 0.433 e. The Bertz CT molecular complexity index is 523.